The zero-order valence-electron chi connectivity index (χ0n) is 12.7. The van der Waals surface area contributed by atoms with Gasteiger partial charge in [0.05, 0.1) is 0 Å². The lowest BCUT2D eigenvalue weighted by atomic mass is 9.86. The smallest absolute Gasteiger partial charge is 0.227 e. The molecule has 1 saturated carbocycles. The molecule has 1 amide bonds. The minimum atomic E-state index is 0.0878. The highest BCUT2D eigenvalue weighted by Gasteiger charge is 2.27. The van der Waals surface area contributed by atoms with E-state index in [9.17, 15) is 9.59 Å². The monoisotopic (exact) mass is 285 g/mol. The van der Waals surface area contributed by atoms with Crippen molar-refractivity contribution in [3.63, 3.8) is 0 Å². The van der Waals surface area contributed by atoms with E-state index in [1.54, 1.807) is 6.92 Å². The normalized spacial score (nSPS) is 18.6. The van der Waals surface area contributed by atoms with Crippen LogP contribution in [0.2, 0.25) is 0 Å². The summed E-state index contributed by atoms with van der Waals surface area (Å²) >= 11 is 0. The molecule has 0 atom stereocenters. The summed E-state index contributed by atoms with van der Waals surface area (Å²) in [6.07, 6.45) is 7.84. The van der Waals surface area contributed by atoms with Crippen LogP contribution in [0.25, 0.3) is 0 Å². The number of fused-ring (bicyclic) bond motifs is 1. The molecule has 2 aliphatic rings. The lowest BCUT2D eigenvalue weighted by Crippen LogP contribution is -2.31. The standard InChI is InChI=1S/C18H23NO2/c1-13(20)15-7-8-17-16(12-15)9-10-19(17)18(21)11-14-5-3-2-4-6-14/h7-8,12,14H,2-6,9-11H2,1H3. The molecule has 21 heavy (non-hydrogen) atoms. The van der Waals surface area contributed by atoms with Crippen molar-refractivity contribution < 1.29 is 9.59 Å². The number of ketones is 1. The van der Waals surface area contributed by atoms with Gasteiger partial charge >= 0.3 is 0 Å². The summed E-state index contributed by atoms with van der Waals surface area (Å²) in [4.78, 5) is 25.9. The molecule has 112 valence electrons. The van der Waals surface area contributed by atoms with Crippen LogP contribution in [0.1, 0.15) is 61.4 Å². The van der Waals surface area contributed by atoms with Crippen LogP contribution in [0.4, 0.5) is 5.69 Å². The summed E-state index contributed by atoms with van der Waals surface area (Å²) in [5.74, 6) is 0.924. The minimum absolute atomic E-state index is 0.0878. The van der Waals surface area contributed by atoms with Crippen LogP contribution in [0.3, 0.4) is 0 Å². The van der Waals surface area contributed by atoms with Gasteiger partial charge in [-0.25, -0.2) is 0 Å². The number of anilines is 1. The number of amides is 1. The van der Waals surface area contributed by atoms with Crippen molar-refractivity contribution in [1.29, 1.82) is 0 Å². The van der Waals surface area contributed by atoms with E-state index in [1.807, 2.05) is 23.1 Å². The molecule has 1 aliphatic carbocycles. The predicted octanol–water partition coefficient (Wildman–Crippen LogP) is 3.75. The number of hydrogen-bond donors (Lipinski definition) is 0. The molecule has 1 aromatic rings. The van der Waals surface area contributed by atoms with Crippen LogP contribution in [-0.2, 0) is 11.2 Å². The molecule has 1 aliphatic heterocycles. The molecule has 3 nitrogen and oxygen atoms in total. The molecule has 0 saturated heterocycles. The Morgan fingerprint density at radius 3 is 2.67 bits per heavy atom. The number of nitrogens with zero attached hydrogens (tertiary/aromatic N) is 1. The van der Waals surface area contributed by atoms with Crippen molar-refractivity contribution in [3.05, 3.63) is 29.3 Å². The first-order chi connectivity index (χ1) is 10.1. The van der Waals surface area contributed by atoms with Gasteiger partial charge in [-0.2, -0.15) is 0 Å². The maximum absolute atomic E-state index is 12.6. The van der Waals surface area contributed by atoms with Crippen LogP contribution < -0.4 is 4.90 Å². The molecular weight excluding hydrogens is 262 g/mol. The Labute approximate surface area is 126 Å². The number of carbonyl (C=O) groups is 2. The summed E-state index contributed by atoms with van der Waals surface area (Å²) in [6, 6.07) is 5.73. The summed E-state index contributed by atoms with van der Waals surface area (Å²) in [7, 11) is 0. The van der Waals surface area contributed by atoms with Gasteiger partial charge in [0.1, 0.15) is 0 Å². The van der Waals surface area contributed by atoms with Crippen molar-refractivity contribution in [3.8, 4) is 0 Å². The Hall–Kier alpha value is -1.64. The molecule has 0 N–H and O–H groups in total. The second-order valence-electron chi connectivity index (χ2n) is 6.40. The topological polar surface area (TPSA) is 37.4 Å². The molecular formula is C18H23NO2. The van der Waals surface area contributed by atoms with Crippen molar-refractivity contribution >= 4 is 17.4 Å². The quantitative estimate of drug-likeness (QED) is 0.793. The fourth-order valence-electron chi connectivity index (χ4n) is 3.63. The van der Waals surface area contributed by atoms with Crippen molar-refractivity contribution in [2.75, 3.05) is 11.4 Å². The maximum Gasteiger partial charge on any atom is 0.227 e. The highest BCUT2D eigenvalue weighted by atomic mass is 16.2. The number of carbonyl (C=O) groups excluding carboxylic acids is 2. The van der Waals surface area contributed by atoms with Crippen LogP contribution in [-0.4, -0.2) is 18.2 Å². The van der Waals surface area contributed by atoms with Crippen molar-refractivity contribution in [1.82, 2.24) is 0 Å². The Morgan fingerprint density at radius 1 is 1.19 bits per heavy atom. The minimum Gasteiger partial charge on any atom is -0.312 e. The zero-order chi connectivity index (χ0) is 14.8. The molecule has 0 aromatic heterocycles. The third-order valence-electron chi connectivity index (χ3n) is 4.87. The van der Waals surface area contributed by atoms with E-state index in [0.717, 1.165) is 29.8 Å². The lowest BCUT2D eigenvalue weighted by Gasteiger charge is -2.24. The van der Waals surface area contributed by atoms with Gasteiger partial charge < -0.3 is 4.90 Å². The lowest BCUT2D eigenvalue weighted by molar-refractivity contribution is -0.119. The van der Waals surface area contributed by atoms with Crippen LogP contribution in [0.15, 0.2) is 18.2 Å². The fourth-order valence-corrected chi connectivity index (χ4v) is 3.63. The summed E-state index contributed by atoms with van der Waals surface area (Å²) in [6.45, 7) is 2.35. The molecule has 1 heterocycles. The average Bonchev–Trinajstić information content (AvgIpc) is 2.91. The highest BCUT2D eigenvalue weighted by Crippen LogP contribution is 2.32. The van der Waals surface area contributed by atoms with E-state index < -0.39 is 0 Å². The Balaban J connectivity index is 1.71. The SMILES string of the molecule is CC(=O)c1ccc2c(c1)CCN2C(=O)CC1CCCCC1. The van der Waals surface area contributed by atoms with E-state index in [-0.39, 0.29) is 11.7 Å². The molecule has 0 bridgehead atoms. The highest BCUT2D eigenvalue weighted by molar-refractivity contribution is 5.98. The molecule has 0 spiro atoms. The number of benzene rings is 1. The Bertz CT molecular complexity index is 558. The van der Waals surface area contributed by atoms with Crippen molar-refractivity contribution in [2.24, 2.45) is 5.92 Å². The summed E-state index contributed by atoms with van der Waals surface area (Å²) in [5.41, 5.74) is 2.90. The van der Waals surface area contributed by atoms with E-state index in [2.05, 4.69) is 0 Å². The molecule has 0 unspecified atom stereocenters. The van der Waals surface area contributed by atoms with E-state index in [1.165, 1.54) is 32.1 Å². The van der Waals surface area contributed by atoms with Gasteiger partial charge in [-0.05, 0) is 55.9 Å². The second-order valence-corrected chi connectivity index (χ2v) is 6.40. The van der Waals surface area contributed by atoms with E-state index in [0.29, 0.717) is 12.3 Å². The molecule has 3 rings (SSSR count). The number of Topliss-reactive ketones (excluding diaryl/α,β-unsaturated/α-hetero) is 1. The first kappa shape index (κ1) is 14.3. The average molecular weight is 285 g/mol. The van der Waals surface area contributed by atoms with Gasteiger partial charge in [0.2, 0.25) is 5.91 Å². The largest absolute Gasteiger partial charge is 0.312 e. The third kappa shape index (κ3) is 3.02. The van der Waals surface area contributed by atoms with Gasteiger partial charge in [-0.1, -0.05) is 19.3 Å². The Kier molecular flexibility index (Phi) is 4.09. The predicted molar refractivity (Wildman–Crippen MR) is 83.7 cm³/mol. The number of rotatable bonds is 3. The third-order valence-corrected chi connectivity index (χ3v) is 4.87. The number of hydrogen-bond acceptors (Lipinski definition) is 2. The van der Waals surface area contributed by atoms with Crippen molar-refractivity contribution in [2.45, 2.75) is 51.9 Å². The van der Waals surface area contributed by atoms with Gasteiger partial charge in [-0.3, -0.25) is 9.59 Å². The fraction of sp³-hybridized carbons (Fsp3) is 0.556. The molecule has 3 heteroatoms. The summed E-state index contributed by atoms with van der Waals surface area (Å²) in [5, 5.41) is 0. The molecule has 1 aromatic carbocycles. The molecule has 0 radical (unpaired) electrons. The van der Waals surface area contributed by atoms with Gasteiger partial charge in [-0.15, -0.1) is 0 Å². The maximum atomic E-state index is 12.6. The Morgan fingerprint density at radius 2 is 1.95 bits per heavy atom. The van der Waals surface area contributed by atoms with Crippen LogP contribution in [0, 0.1) is 5.92 Å². The van der Waals surface area contributed by atoms with Gasteiger partial charge in [0.25, 0.3) is 0 Å². The van der Waals surface area contributed by atoms with Gasteiger partial charge in [0.15, 0.2) is 5.78 Å². The van der Waals surface area contributed by atoms with Crippen LogP contribution in [0.5, 0.6) is 0 Å². The zero-order valence-corrected chi connectivity index (χ0v) is 12.7. The van der Waals surface area contributed by atoms with E-state index >= 15 is 0 Å². The first-order valence-corrected chi connectivity index (χ1v) is 8.09. The van der Waals surface area contributed by atoms with E-state index in [4.69, 9.17) is 0 Å². The summed E-state index contributed by atoms with van der Waals surface area (Å²) < 4.78 is 0. The first-order valence-electron chi connectivity index (χ1n) is 8.09. The van der Waals surface area contributed by atoms with Gasteiger partial charge in [0, 0.05) is 24.2 Å². The van der Waals surface area contributed by atoms with Crippen LogP contribution >= 0.6 is 0 Å². The second kappa shape index (κ2) is 6.00. The molecule has 1 fully saturated rings.